The van der Waals surface area contributed by atoms with Gasteiger partial charge in [-0.1, -0.05) is 13.8 Å². The van der Waals surface area contributed by atoms with E-state index in [1.54, 1.807) is 0 Å². The summed E-state index contributed by atoms with van der Waals surface area (Å²) < 4.78 is 7.04. The van der Waals surface area contributed by atoms with Gasteiger partial charge in [-0.25, -0.2) is 0 Å². The van der Waals surface area contributed by atoms with Crippen LogP contribution in [-0.2, 0) is 4.79 Å². The molecule has 2 nitrogen and oxygen atoms in total. The van der Waals surface area contributed by atoms with Crippen molar-refractivity contribution >= 4 is 5.91 Å². The maximum absolute atomic E-state index is 10.4. The highest BCUT2D eigenvalue weighted by molar-refractivity contribution is 5.72. The molecule has 48 valence electrons. The Labute approximate surface area is 51.7 Å². The largest absolute Gasteiger partial charge is 0.356 e. The minimum absolute atomic E-state index is 0.191. The number of hydrogen-bond acceptors (Lipinski definition) is 1. The van der Waals surface area contributed by atoms with Gasteiger partial charge in [-0.3, -0.25) is 4.79 Å². The molecule has 0 fully saturated rings. The van der Waals surface area contributed by atoms with Crippen molar-refractivity contribution in [1.82, 2.24) is 5.31 Å². The summed E-state index contributed by atoms with van der Waals surface area (Å²) in [5.41, 5.74) is 0. The normalized spacial score (nSPS) is 11.2. The van der Waals surface area contributed by atoms with Gasteiger partial charge in [0.05, 0.1) is 0 Å². The Morgan fingerprint density at radius 1 is 1.88 bits per heavy atom. The minimum Gasteiger partial charge on any atom is -0.356 e. The molecule has 0 saturated heterocycles. The summed E-state index contributed by atoms with van der Waals surface area (Å²) in [6, 6.07) is 0. The van der Waals surface area contributed by atoms with Crippen LogP contribution in [0, 0.1) is 5.92 Å². The molecule has 0 heterocycles. The second-order valence-corrected chi connectivity index (χ2v) is 2.25. The first-order chi connectivity index (χ1) is 4.04. The summed E-state index contributed by atoms with van der Waals surface area (Å²) in [7, 11) is 0. The molecular formula is C6H13NO. The summed E-state index contributed by atoms with van der Waals surface area (Å²) in [5.74, 6) is 0.190. The van der Waals surface area contributed by atoms with E-state index in [1.807, 2.05) is 13.8 Å². The summed E-state index contributed by atoms with van der Waals surface area (Å²) in [6.07, 6.45) is 0. The van der Waals surface area contributed by atoms with E-state index < -0.39 is 0 Å². The summed E-state index contributed by atoms with van der Waals surface area (Å²) in [6.45, 7) is 5.87. The van der Waals surface area contributed by atoms with Gasteiger partial charge in [0, 0.05) is 13.5 Å². The number of carbonyl (C=O) groups excluding carboxylic acids is 1. The zero-order valence-electron chi connectivity index (χ0n) is 6.64. The quantitative estimate of drug-likeness (QED) is 0.569. The molecule has 0 aliphatic rings. The molecule has 0 radical (unpaired) electrons. The van der Waals surface area contributed by atoms with Crippen LogP contribution in [0.3, 0.4) is 0 Å². The molecule has 0 aromatic heterocycles. The van der Waals surface area contributed by atoms with Gasteiger partial charge >= 0.3 is 0 Å². The standard InChI is InChI=1S/C6H13NO/c1-5(2)4-7-6(3)8/h5H,4H2,1-3H3,(H,7,8)/i/hT. The van der Waals surface area contributed by atoms with E-state index in [0.717, 1.165) is 5.31 Å². The van der Waals surface area contributed by atoms with Crippen molar-refractivity contribution in [3.8, 4) is 0 Å². The van der Waals surface area contributed by atoms with Crippen molar-refractivity contribution in [3.63, 3.8) is 0 Å². The van der Waals surface area contributed by atoms with Crippen molar-refractivity contribution in [3.05, 3.63) is 0 Å². The first-order valence-corrected chi connectivity index (χ1v) is 2.81. The molecular weight excluding hydrogens is 102 g/mol. The molecule has 1 amide bonds. The molecule has 0 saturated carbocycles. The topological polar surface area (TPSA) is 29.1 Å². The van der Waals surface area contributed by atoms with Crippen LogP contribution < -0.4 is 5.31 Å². The summed E-state index contributed by atoms with van der Waals surface area (Å²) >= 11 is 0. The monoisotopic (exact) mass is 117 g/mol. The molecule has 0 rings (SSSR count). The number of carbonyl (C=O) groups is 1. The molecule has 2 heteroatoms. The highest BCUT2D eigenvalue weighted by Gasteiger charge is 1.92. The maximum atomic E-state index is 10.4. The third-order valence-corrected chi connectivity index (χ3v) is 0.679. The van der Waals surface area contributed by atoms with Gasteiger partial charge < -0.3 is 5.31 Å². The zero-order chi connectivity index (χ0) is 7.44. The number of rotatable bonds is 2. The second kappa shape index (κ2) is 3.47. The highest BCUT2D eigenvalue weighted by Crippen LogP contribution is 1.85. The van der Waals surface area contributed by atoms with E-state index in [1.165, 1.54) is 6.92 Å². The Kier molecular flexibility index (Phi) is 2.43. The van der Waals surface area contributed by atoms with E-state index in [-0.39, 0.29) is 5.91 Å². The number of amides is 1. The fourth-order valence-corrected chi connectivity index (χ4v) is 0.311. The van der Waals surface area contributed by atoms with Gasteiger partial charge in [0.1, 0.15) is 0 Å². The lowest BCUT2D eigenvalue weighted by molar-refractivity contribution is -0.119. The first-order valence-electron chi connectivity index (χ1n) is 3.25. The van der Waals surface area contributed by atoms with E-state index >= 15 is 0 Å². The van der Waals surface area contributed by atoms with Crippen LogP contribution in [0.4, 0.5) is 0 Å². The van der Waals surface area contributed by atoms with Gasteiger partial charge in [-0.15, -0.1) is 0 Å². The Morgan fingerprint density at radius 2 is 2.38 bits per heavy atom. The summed E-state index contributed by atoms with van der Waals surface area (Å²) in [5, 5.41) is 0.977. The van der Waals surface area contributed by atoms with Gasteiger partial charge in [-0.05, 0) is 5.92 Å². The molecule has 0 bridgehead atoms. The van der Waals surface area contributed by atoms with Gasteiger partial charge in [0.2, 0.25) is 5.91 Å². The lowest BCUT2D eigenvalue weighted by Gasteiger charge is -2.02. The van der Waals surface area contributed by atoms with Crippen molar-refractivity contribution in [2.24, 2.45) is 5.92 Å². The van der Waals surface area contributed by atoms with Crippen LogP contribution in [0.1, 0.15) is 20.8 Å². The number of nitrogens with one attached hydrogen (secondary N) is 1. The first kappa shape index (κ1) is 5.60. The lowest BCUT2D eigenvalue weighted by atomic mass is 10.2. The van der Waals surface area contributed by atoms with Gasteiger partial charge in [0.15, 0.2) is 1.41 Å². The number of hydrogen-bond donors (Lipinski definition) is 1. The predicted molar refractivity (Wildman–Crippen MR) is 33.5 cm³/mol. The Morgan fingerprint density at radius 3 is 2.50 bits per heavy atom. The van der Waals surface area contributed by atoms with Crippen molar-refractivity contribution in [2.75, 3.05) is 6.54 Å². The molecule has 0 aromatic rings. The van der Waals surface area contributed by atoms with Crippen molar-refractivity contribution in [1.29, 1.82) is 0 Å². The van der Waals surface area contributed by atoms with Crippen LogP contribution in [0.2, 0.25) is 1.41 Å². The molecule has 0 aromatic carbocycles. The molecule has 0 spiro atoms. The molecule has 0 aliphatic carbocycles. The Balaban J connectivity index is 3.50. The molecule has 0 atom stereocenters. The lowest BCUT2D eigenvalue weighted by Crippen LogP contribution is -2.24. The van der Waals surface area contributed by atoms with Crippen LogP contribution >= 0.6 is 0 Å². The molecule has 1 N–H and O–H groups in total. The zero-order valence-corrected chi connectivity index (χ0v) is 5.64. The van der Waals surface area contributed by atoms with Crippen LogP contribution in [0.5, 0.6) is 0 Å². The fourth-order valence-electron chi connectivity index (χ4n) is 0.311. The maximum Gasteiger partial charge on any atom is 0.216 e. The average molecular weight is 117 g/mol. The van der Waals surface area contributed by atoms with Gasteiger partial charge in [0.25, 0.3) is 0 Å². The van der Waals surface area contributed by atoms with E-state index in [9.17, 15) is 4.79 Å². The van der Waals surface area contributed by atoms with Gasteiger partial charge in [-0.2, -0.15) is 0 Å². The molecule has 0 unspecified atom stereocenters. The second-order valence-electron chi connectivity index (χ2n) is 2.25. The Hall–Kier alpha value is -0.530. The van der Waals surface area contributed by atoms with E-state index in [2.05, 4.69) is 0 Å². The molecule has 8 heavy (non-hydrogen) atoms. The van der Waals surface area contributed by atoms with Crippen LogP contribution in [-0.4, -0.2) is 12.5 Å². The van der Waals surface area contributed by atoms with Crippen molar-refractivity contribution < 1.29 is 6.21 Å². The third kappa shape index (κ3) is 5.47. The highest BCUT2D eigenvalue weighted by atomic mass is 16.1. The third-order valence-electron chi connectivity index (χ3n) is 0.679. The minimum atomic E-state index is -0.191. The summed E-state index contributed by atoms with van der Waals surface area (Å²) in [4.78, 5) is 10.4. The van der Waals surface area contributed by atoms with Crippen molar-refractivity contribution in [2.45, 2.75) is 20.8 Å². The van der Waals surface area contributed by atoms with E-state index in [4.69, 9.17) is 1.41 Å². The van der Waals surface area contributed by atoms with Crippen LogP contribution in [0.25, 0.3) is 0 Å². The Bertz CT molecular complexity index is 103. The molecule has 0 aliphatic heterocycles. The average Bonchev–Trinajstić information content (AvgIpc) is 1.63. The fraction of sp³-hybridized carbons (Fsp3) is 0.833. The van der Waals surface area contributed by atoms with E-state index in [0.29, 0.717) is 12.5 Å². The van der Waals surface area contributed by atoms with Crippen LogP contribution in [0.15, 0.2) is 0 Å². The predicted octanol–water partition coefficient (Wildman–Crippen LogP) is 0.778. The SMILES string of the molecule is [3H]N(CC(C)C)C(C)=O. The smallest absolute Gasteiger partial charge is 0.216 e.